The Balaban J connectivity index is 0.00000210. The molecule has 0 radical (unpaired) electrons. The van der Waals surface area contributed by atoms with Crippen molar-refractivity contribution in [3.63, 3.8) is 0 Å². The molecule has 2 aliphatic rings. The number of hydrogen-bond donors (Lipinski definition) is 1. The van der Waals surface area contributed by atoms with Crippen molar-refractivity contribution in [3.8, 4) is 0 Å². The van der Waals surface area contributed by atoms with Gasteiger partial charge in [0.1, 0.15) is 10.6 Å². The molecule has 14 heteroatoms. The van der Waals surface area contributed by atoms with Crippen LogP contribution >= 0.6 is 23.7 Å². The normalized spacial score (nSPS) is 17.9. The number of carbonyl (C=O) groups excluding carboxylic acids is 1. The lowest BCUT2D eigenvalue weighted by Crippen LogP contribution is -2.48. The predicted molar refractivity (Wildman–Crippen MR) is 145 cm³/mol. The van der Waals surface area contributed by atoms with Crippen LogP contribution < -0.4 is 15.1 Å². The number of halogens is 4. The Bertz CT molecular complexity index is 1290. The Labute approximate surface area is 230 Å². The molecule has 5 heterocycles. The predicted octanol–water partition coefficient (Wildman–Crippen LogP) is 4.83. The first-order chi connectivity index (χ1) is 17.8. The fourth-order valence-electron chi connectivity index (χ4n) is 5.05. The molecule has 0 unspecified atom stereocenters. The summed E-state index contributed by atoms with van der Waals surface area (Å²) in [7, 11) is 0. The Morgan fingerprint density at radius 3 is 2.71 bits per heavy atom. The maximum atomic E-state index is 13.3. The van der Waals surface area contributed by atoms with E-state index in [0.717, 1.165) is 53.4 Å². The first-order valence-corrected chi connectivity index (χ1v) is 13.7. The minimum atomic E-state index is -4.54. The van der Waals surface area contributed by atoms with Crippen molar-refractivity contribution in [1.29, 1.82) is 0 Å². The van der Waals surface area contributed by atoms with Crippen LogP contribution in [0.1, 0.15) is 63.9 Å². The van der Waals surface area contributed by atoms with E-state index in [1.807, 2.05) is 11.8 Å². The van der Waals surface area contributed by atoms with E-state index >= 15 is 0 Å². The van der Waals surface area contributed by atoms with Gasteiger partial charge in [0.25, 0.3) is 0 Å². The van der Waals surface area contributed by atoms with Crippen molar-refractivity contribution in [2.75, 3.05) is 29.4 Å². The van der Waals surface area contributed by atoms with Gasteiger partial charge in [0.15, 0.2) is 5.82 Å². The zero-order valence-electron chi connectivity index (χ0n) is 21.4. The van der Waals surface area contributed by atoms with Gasteiger partial charge in [-0.1, -0.05) is 20.3 Å². The lowest BCUT2D eigenvalue weighted by Gasteiger charge is -2.34. The highest BCUT2D eigenvalue weighted by atomic mass is 35.5. The maximum absolute atomic E-state index is 13.3. The minimum Gasteiger partial charge on any atom is -0.352 e. The monoisotopic (exact) mass is 574 g/mol. The van der Waals surface area contributed by atoms with Crippen molar-refractivity contribution in [2.24, 2.45) is 0 Å². The highest BCUT2D eigenvalue weighted by Crippen LogP contribution is 2.36. The summed E-state index contributed by atoms with van der Waals surface area (Å²) in [6.45, 7) is 6.17. The van der Waals surface area contributed by atoms with E-state index < -0.39 is 12.0 Å². The topological polar surface area (TPSA) is 92.1 Å². The number of alkyl halides is 3. The SMILES string of the molecule is CCCC(=O)N[C@@H]1CCCN(c2nc(N3CCn4c(nnc4C(F)(F)F)C3)c3cc(CCC)sc3n2)C1.Cl.[HH]. The molecule has 1 saturated heterocycles. The number of rotatable bonds is 7. The number of anilines is 2. The van der Waals surface area contributed by atoms with Crippen molar-refractivity contribution < 1.29 is 19.4 Å². The van der Waals surface area contributed by atoms with Crippen LogP contribution in [0.2, 0.25) is 0 Å². The Morgan fingerprint density at radius 2 is 1.97 bits per heavy atom. The van der Waals surface area contributed by atoms with Crippen molar-refractivity contribution in [1.82, 2.24) is 30.0 Å². The summed E-state index contributed by atoms with van der Waals surface area (Å²) < 4.78 is 41.2. The summed E-state index contributed by atoms with van der Waals surface area (Å²) in [6, 6.07) is 2.14. The van der Waals surface area contributed by atoms with Crippen molar-refractivity contribution >= 4 is 51.6 Å². The molecular weight excluding hydrogens is 541 g/mol. The fraction of sp³-hybridized carbons (Fsp3) is 0.625. The number of piperidine rings is 1. The smallest absolute Gasteiger partial charge is 0.352 e. The second-order valence-corrected chi connectivity index (χ2v) is 10.8. The van der Waals surface area contributed by atoms with Gasteiger partial charge in [-0.25, -0.2) is 4.98 Å². The fourth-order valence-corrected chi connectivity index (χ4v) is 6.17. The number of aromatic nitrogens is 5. The highest BCUT2D eigenvalue weighted by Gasteiger charge is 2.40. The van der Waals surface area contributed by atoms with Crippen LogP contribution in [0, 0.1) is 0 Å². The highest BCUT2D eigenvalue weighted by molar-refractivity contribution is 7.18. The summed E-state index contributed by atoms with van der Waals surface area (Å²) in [5.74, 6) is 0.668. The molecule has 38 heavy (non-hydrogen) atoms. The number of aryl methyl sites for hydroxylation is 1. The zero-order chi connectivity index (χ0) is 26.2. The van der Waals surface area contributed by atoms with Crippen LogP contribution in [-0.4, -0.2) is 56.3 Å². The lowest BCUT2D eigenvalue weighted by atomic mass is 10.1. The second kappa shape index (κ2) is 11.6. The summed E-state index contributed by atoms with van der Waals surface area (Å²) >= 11 is 1.63. The Kier molecular flexibility index (Phi) is 8.65. The Hall–Kier alpha value is -2.67. The molecule has 1 amide bonds. The summed E-state index contributed by atoms with van der Waals surface area (Å²) in [4.78, 5) is 28.2. The van der Waals surface area contributed by atoms with Gasteiger partial charge in [-0.15, -0.1) is 33.9 Å². The van der Waals surface area contributed by atoms with E-state index in [2.05, 4.69) is 33.4 Å². The molecule has 210 valence electrons. The zero-order valence-corrected chi connectivity index (χ0v) is 23.1. The number of fused-ring (bicyclic) bond motifs is 2. The maximum Gasteiger partial charge on any atom is 0.451 e. The molecule has 1 fully saturated rings. The average Bonchev–Trinajstić information content (AvgIpc) is 3.47. The molecule has 0 saturated carbocycles. The van der Waals surface area contributed by atoms with Gasteiger partial charge < -0.3 is 19.7 Å². The van der Waals surface area contributed by atoms with E-state index in [9.17, 15) is 18.0 Å². The molecule has 3 aromatic heterocycles. The molecule has 0 aromatic carbocycles. The molecule has 3 aromatic rings. The van der Waals surface area contributed by atoms with Crippen molar-refractivity contribution in [3.05, 3.63) is 22.6 Å². The molecule has 1 atom stereocenters. The van der Waals surface area contributed by atoms with E-state index in [4.69, 9.17) is 9.97 Å². The largest absolute Gasteiger partial charge is 0.451 e. The van der Waals surface area contributed by atoms with Gasteiger partial charge >= 0.3 is 6.18 Å². The van der Waals surface area contributed by atoms with Gasteiger partial charge in [-0.3, -0.25) is 4.79 Å². The molecule has 0 spiro atoms. The third-order valence-electron chi connectivity index (χ3n) is 6.76. The minimum absolute atomic E-state index is 0. The van der Waals surface area contributed by atoms with Gasteiger partial charge in [0.05, 0.1) is 11.9 Å². The third kappa shape index (κ3) is 5.83. The number of carbonyl (C=O) groups is 1. The van der Waals surface area contributed by atoms with Gasteiger partial charge in [0, 0.05) is 44.9 Å². The van der Waals surface area contributed by atoms with Crippen LogP contribution in [0.15, 0.2) is 6.07 Å². The summed E-state index contributed by atoms with van der Waals surface area (Å²) in [5.41, 5.74) is 0. The number of thiophene rings is 1. The Morgan fingerprint density at radius 1 is 1.16 bits per heavy atom. The van der Waals surface area contributed by atoms with Crippen LogP contribution in [0.25, 0.3) is 10.2 Å². The first-order valence-electron chi connectivity index (χ1n) is 12.9. The number of hydrogen-bond acceptors (Lipinski definition) is 8. The standard InChI is InChI=1S/C24H31F3N8OS.ClH.H2/c1-3-6-16-12-17-20(33-10-11-35-18(14-33)31-32-22(35)24(25,26)27)29-23(30-21(17)37-16)34-9-5-8-15(13-34)28-19(36)7-4-2;;/h12,15H,3-11,13-14H2,1-2H3,(H,28,36);2*1H/t15-;;/m1../s1. The van der Waals surface area contributed by atoms with Crippen LogP contribution in [0.3, 0.4) is 0 Å². The molecule has 9 nitrogen and oxygen atoms in total. The summed E-state index contributed by atoms with van der Waals surface area (Å²) in [6.07, 6.45) is 0.514. The molecule has 5 rings (SSSR count). The molecule has 0 aliphatic carbocycles. The van der Waals surface area contributed by atoms with E-state index in [1.165, 1.54) is 4.88 Å². The number of nitrogens with zero attached hydrogens (tertiary/aromatic N) is 7. The van der Waals surface area contributed by atoms with Crippen LogP contribution in [-0.2, 0) is 30.5 Å². The lowest BCUT2D eigenvalue weighted by molar-refractivity contribution is -0.147. The number of amides is 1. The number of nitrogens with one attached hydrogen (secondary N) is 1. The summed E-state index contributed by atoms with van der Waals surface area (Å²) in [5, 5.41) is 11.3. The van der Waals surface area contributed by atoms with E-state index in [0.29, 0.717) is 31.3 Å². The molecule has 2 aliphatic heterocycles. The first kappa shape index (κ1) is 28.3. The van der Waals surface area contributed by atoms with Gasteiger partial charge in [-0.05, 0) is 31.7 Å². The van der Waals surface area contributed by atoms with Gasteiger partial charge in [-0.2, -0.15) is 18.2 Å². The third-order valence-corrected chi connectivity index (χ3v) is 7.85. The quantitative estimate of drug-likeness (QED) is 0.432. The van der Waals surface area contributed by atoms with Crippen LogP contribution in [0.5, 0.6) is 0 Å². The molecule has 0 bridgehead atoms. The van der Waals surface area contributed by atoms with E-state index in [1.54, 1.807) is 11.3 Å². The van der Waals surface area contributed by atoms with E-state index in [-0.39, 0.29) is 44.7 Å². The second-order valence-electron chi connectivity index (χ2n) is 9.64. The van der Waals surface area contributed by atoms with Crippen molar-refractivity contribution in [2.45, 2.75) is 77.7 Å². The molecule has 1 N–H and O–H groups in total. The average molecular weight is 575 g/mol. The molecular formula is C24H34ClF3N8OS. The van der Waals surface area contributed by atoms with Crippen LogP contribution in [0.4, 0.5) is 24.9 Å². The van der Waals surface area contributed by atoms with Gasteiger partial charge in [0.2, 0.25) is 17.7 Å².